The maximum absolute atomic E-state index is 13.5. The molecule has 1 atom stereocenters. The molecule has 7 heteroatoms. The van der Waals surface area contributed by atoms with Crippen molar-refractivity contribution in [2.24, 2.45) is 5.73 Å². The summed E-state index contributed by atoms with van der Waals surface area (Å²) < 4.78 is 54.4. The Kier molecular flexibility index (Phi) is 6.42. The molecule has 1 aromatic rings. The Bertz CT molecular complexity index is 384. The summed E-state index contributed by atoms with van der Waals surface area (Å²) in [6.45, 7) is 0. The van der Waals surface area contributed by atoms with E-state index in [-0.39, 0.29) is 30.1 Å². The summed E-state index contributed by atoms with van der Waals surface area (Å²) in [6.07, 6.45) is -5.72. The molecule has 0 aliphatic heterocycles. The molecule has 0 unspecified atom stereocenters. The van der Waals surface area contributed by atoms with Crippen LogP contribution in [-0.4, -0.2) is 13.3 Å². The van der Waals surface area contributed by atoms with E-state index in [1.807, 2.05) is 0 Å². The second-order valence-corrected chi connectivity index (χ2v) is 3.62. The summed E-state index contributed by atoms with van der Waals surface area (Å²) >= 11 is 0. The van der Waals surface area contributed by atoms with Crippen LogP contribution in [0.2, 0.25) is 0 Å². The third kappa shape index (κ3) is 4.70. The van der Waals surface area contributed by atoms with Crippen molar-refractivity contribution in [3.8, 4) is 5.75 Å². The monoisotopic (exact) mass is 287 g/mol. The van der Waals surface area contributed by atoms with Crippen molar-refractivity contribution in [1.29, 1.82) is 0 Å². The molecule has 0 saturated heterocycles. The fourth-order valence-corrected chi connectivity index (χ4v) is 1.52. The number of alkyl halides is 3. The van der Waals surface area contributed by atoms with Gasteiger partial charge in [0.15, 0.2) is 0 Å². The Hall–Kier alpha value is -1.01. The minimum Gasteiger partial charge on any atom is -0.496 e. The highest BCUT2D eigenvalue weighted by Gasteiger charge is 2.29. The van der Waals surface area contributed by atoms with Gasteiger partial charge in [-0.1, -0.05) is 6.07 Å². The number of benzene rings is 1. The molecule has 1 aromatic carbocycles. The lowest BCUT2D eigenvalue weighted by molar-refractivity contribution is -0.136. The maximum Gasteiger partial charge on any atom is 0.389 e. The third-order valence-corrected chi connectivity index (χ3v) is 2.34. The van der Waals surface area contributed by atoms with E-state index in [0.717, 1.165) is 6.07 Å². The molecule has 0 heterocycles. The molecule has 0 aliphatic rings. The van der Waals surface area contributed by atoms with Crippen LogP contribution in [0.1, 0.15) is 24.4 Å². The third-order valence-electron chi connectivity index (χ3n) is 2.34. The first-order valence-electron chi connectivity index (χ1n) is 5.00. The van der Waals surface area contributed by atoms with Crippen molar-refractivity contribution >= 4 is 12.4 Å². The zero-order valence-electron chi connectivity index (χ0n) is 9.63. The fraction of sp³-hybridized carbons (Fsp3) is 0.455. The molecule has 2 N–H and O–H groups in total. The van der Waals surface area contributed by atoms with Crippen LogP contribution in [0.4, 0.5) is 17.6 Å². The molecule has 0 spiro atoms. The van der Waals surface area contributed by atoms with Crippen molar-refractivity contribution in [3.05, 3.63) is 29.6 Å². The van der Waals surface area contributed by atoms with Crippen LogP contribution < -0.4 is 10.5 Å². The molecule has 1 rings (SSSR count). The Morgan fingerprint density at radius 2 is 1.94 bits per heavy atom. The Morgan fingerprint density at radius 3 is 2.44 bits per heavy atom. The zero-order valence-corrected chi connectivity index (χ0v) is 10.4. The highest BCUT2D eigenvalue weighted by molar-refractivity contribution is 5.85. The van der Waals surface area contributed by atoms with Crippen LogP contribution in [0.15, 0.2) is 18.2 Å². The average molecular weight is 288 g/mol. The predicted molar refractivity (Wildman–Crippen MR) is 62.4 cm³/mol. The second-order valence-electron chi connectivity index (χ2n) is 3.62. The minimum atomic E-state index is -4.30. The molecular weight excluding hydrogens is 274 g/mol. The van der Waals surface area contributed by atoms with Gasteiger partial charge in [0.05, 0.1) is 7.11 Å². The maximum atomic E-state index is 13.5. The van der Waals surface area contributed by atoms with Crippen molar-refractivity contribution in [1.82, 2.24) is 0 Å². The lowest BCUT2D eigenvalue weighted by Gasteiger charge is -2.17. The van der Waals surface area contributed by atoms with E-state index in [0.29, 0.717) is 0 Å². The van der Waals surface area contributed by atoms with E-state index < -0.39 is 24.5 Å². The first-order chi connectivity index (χ1) is 7.85. The fourth-order valence-electron chi connectivity index (χ4n) is 1.52. The van der Waals surface area contributed by atoms with Gasteiger partial charge in [-0.05, 0) is 18.6 Å². The van der Waals surface area contributed by atoms with Crippen LogP contribution in [0, 0.1) is 5.82 Å². The lowest BCUT2D eigenvalue weighted by Crippen LogP contribution is -2.17. The van der Waals surface area contributed by atoms with Gasteiger partial charge in [-0.15, -0.1) is 12.4 Å². The summed E-state index contributed by atoms with van der Waals surface area (Å²) in [5.41, 5.74) is 5.54. The van der Waals surface area contributed by atoms with Gasteiger partial charge in [-0.25, -0.2) is 4.39 Å². The lowest BCUT2D eigenvalue weighted by atomic mass is 10.0. The van der Waals surface area contributed by atoms with E-state index in [4.69, 9.17) is 10.5 Å². The van der Waals surface area contributed by atoms with E-state index in [1.165, 1.54) is 19.2 Å². The summed E-state index contributed by atoms with van der Waals surface area (Å²) in [5.74, 6) is -0.487. The van der Waals surface area contributed by atoms with Gasteiger partial charge in [0.25, 0.3) is 0 Å². The molecule has 2 nitrogen and oxygen atoms in total. The van der Waals surface area contributed by atoms with Gasteiger partial charge in [0.1, 0.15) is 11.6 Å². The highest BCUT2D eigenvalue weighted by Crippen LogP contribution is 2.32. The SMILES string of the molecule is COc1cccc(F)c1[C@H](N)CCC(F)(F)F.Cl. The molecule has 0 fully saturated rings. The largest absolute Gasteiger partial charge is 0.496 e. The van der Waals surface area contributed by atoms with E-state index in [1.54, 1.807) is 0 Å². The summed E-state index contributed by atoms with van der Waals surface area (Å²) in [6, 6.07) is 2.98. The van der Waals surface area contributed by atoms with Gasteiger partial charge in [-0.3, -0.25) is 0 Å². The van der Waals surface area contributed by atoms with Crippen LogP contribution in [-0.2, 0) is 0 Å². The predicted octanol–water partition coefficient (Wildman–Crippen LogP) is 3.60. The van der Waals surface area contributed by atoms with E-state index in [2.05, 4.69) is 0 Å². The quantitative estimate of drug-likeness (QED) is 0.859. The van der Waals surface area contributed by atoms with Gasteiger partial charge in [-0.2, -0.15) is 13.2 Å². The standard InChI is InChI=1S/C11H13F4NO.ClH/c1-17-9-4-2-3-7(12)10(9)8(16)5-6-11(13,14)15;/h2-4,8H,5-6,16H2,1H3;1H/t8-;/m1./s1. The topological polar surface area (TPSA) is 35.2 Å². The molecule has 0 radical (unpaired) electrons. The molecule has 104 valence electrons. The summed E-state index contributed by atoms with van der Waals surface area (Å²) in [5, 5.41) is 0. The van der Waals surface area contributed by atoms with Crippen molar-refractivity contribution in [2.75, 3.05) is 7.11 Å². The first-order valence-corrected chi connectivity index (χ1v) is 5.00. The summed E-state index contributed by atoms with van der Waals surface area (Å²) in [4.78, 5) is 0. The minimum absolute atomic E-state index is 0. The van der Waals surface area contributed by atoms with Crippen LogP contribution in [0.25, 0.3) is 0 Å². The van der Waals surface area contributed by atoms with Gasteiger partial charge in [0.2, 0.25) is 0 Å². The number of hydrogen-bond acceptors (Lipinski definition) is 2. The van der Waals surface area contributed by atoms with Crippen molar-refractivity contribution in [3.63, 3.8) is 0 Å². The van der Waals surface area contributed by atoms with Crippen LogP contribution in [0.5, 0.6) is 5.75 Å². The molecule has 0 bridgehead atoms. The van der Waals surface area contributed by atoms with E-state index in [9.17, 15) is 17.6 Å². The normalized spacial score (nSPS) is 12.8. The average Bonchev–Trinajstić information content (AvgIpc) is 2.24. The molecule has 0 amide bonds. The van der Waals surface area contributed by atoms with Gasteiger partial charge >= 0.3 is 6.18 Å². The van der Waals surface area contributed by atoms with Crippen molar-refractivity contribution in [2.45, 2.75) is 25.1 Å². The Balaban J connectivity index is 0.00000289. The smallest absolute Gasteiger partial charge is 0.389 e. The number of rotatable bonds is 4. The van der Waals surface area contributed by atoms with Crippen molar-refractivity contribution < 1.29 is 22.3 Å². The van der Waals surface area contributed by atoms with Gasteiger partial charge < -0.3 is 10.5 Å². The Morgan fingerprint density at radius 1 is 1.33 bits per heavy atom. The number of halogens is 5. The number of ether oxygens (including phenoxy) is 1. The van der Waals surface area contributed by atoms with Crippen LogP contribution in [0.3, 0.4) is 0 Å². The number of methoxy groups -OCH3 is 1. The molecule has 0 aliphatic carbocycles. The molecule has 0 aromatic heterocycles. The molecule has 0 saturated carbocycles. The molecular formula is C11H14ClF4NO. The Labute approximate surface area is 109 Å². The highest BCUT2D eigenvalue weighted by atomic mass is 35.5. The molecule has 18 heavy (non-hydrogen) atoms. The number of hydrogen-bond donors (Lipinski definition) is 1. The van der Waals surface area contributed by atoms with Gasteiger partial charge in [0, 0.05) is 18.0 Å². The number of nitrogens with two attached hydrogens (primary N) is 1. The second kappa shape index (κ2) is 6.80. The summed E-state index contributed by atoms with van der Waals surface area (Å²) in [7, 11) is 1.31. The van der Waals surface area contributed by atoms with E-state index >= 15 is 0 Å². The first kappa shape index (κ1) is 17.0. The zero-order chi connectivity index (χ0) is 13.1. The van der Waals surface area contributed by atoms with Crippen LogP contribution >= 0.6 is 12.4 Å².